The molecule has 2 aromatic carbocycles. The van der Waals surface area contributed by atoms with E-state index in [1.54, 1.807) is 39.1 Å². The number of hydrogen-bond acceptors (Lipinski definition) is 9. The zero-order chi connectivity index (χ0) is 26.9. The third kappa shape index (κ3) is 3.53. The predicted octanol–water partition coefficient (Wildman–Crippen LogP) is 3.89. The highest BCUT2D eigenvalue weighted by atomic mass is 16.7. The summed E-state index contributed by atoms with van der Waals surface area (Å²) in [7, 11) is 0. The van der Waals surface area contributed by atoms with Gasteiger partial charge in [0.2, 0.25) is 5.41 Å². The molecule has 10 heteroatoms. The molecule has 1 spiro atoms. The quantitative estimate of drug-likeness (QED) is 0.266. The molecule has 3 heterocycles. The number of nitro benzene ring substituents is 1. The molecule has 0 aliphatic carbocycles. The number of esters is 2. The van der Waals surface area contributed by atoms with E-state index < -0.39 is 51.5 Å². The van der Waals surface area contributed by atoms with Gasteiger partial charge in [-0.05, 0) is 16.7 Å². The van der Waals surface area contributed by atoms with Crippen LogP contribution in [0.1, 0.15) is 63.3 Å². The van der Waals surface area contributed by atoms with Gasteiger partial charge in [-0.2, -0.15) is 5.10 Å². The van der Waals surface area contributed by atoms with Gasteiger partial charge in [0.15, 0.2) is 5.78 Å². The van der Waals surface area contributed by atoms with E-state index in [0.717, 1.165) is 0 Å². The summed E-state index contributed by atoms with van der Waals surface area (Å²) >= 11 is 0. The molecule has 3 atom stereocenters. The molecule has 0 amide bonds. The Labute approximate surface area is 213 Å². The lowest BCUT2D eigenvalue weighted by Gasteiger charge is -2.44. The molecular weight excluding hydrogens is 478 g/mol. The molecular formula is C27H27N3O7. The molecule has 3 aliphatic rings. The van der Waals surface area contributed by atoms with Crippen LogP contribution >= 0.6 is 0 Å². The number of rotatable bonds is 3. The smallest absolute Gasteiger partial charge is 0.330 e. The van der Waals surface area contributed by atoms with Crippen LogP contribution in [0.25, 0.3) is 0 Å². The zero-order valence-corrected chi connectivity index (χ0v) is 21.1. The summed E-state index contributed by atoms with van der Waals surface area (Å²) in [6.07, 6.45) is 1.60. The standard InChI is InChI=1S/C27H27N3O7/c1-25(2,3)22(31)20-19(15-10-12-17(13-11-15)30(34)35)27(23(32)36-26(4,5)37-24(27)33)21-18-9-7-6-8-16(18)14-28-29(20)21/h6-14,19-21H,1-5H3/t19-,20-,21-/m1/s1. The number of nitrogens with zero attached hydrogens (tertiary/aromatic N) is 3. The van der Waals surface area contributed by atoms with Gasteiger partial charge in [-0.15, -0.1) is 0 Å². The lowest BCUT2D eigenvalue weighted by atomic mass is 9.64. The van der Waals surface area contributed by atoms with Gasteiger partial charge in [-0.3, -0.25) is 29.5 Å². The van der Waals surface area contributed by atoms with E-state index in [2.05, 4.69) is 5.10 Å². The zero-order valence-electron chi connectivity index (χ0n) is 21.1. The van der Waals surface area contributed by atoms with E-state index >= 15 is 0 Å². The molecule has 37 heavy (non-hydrogen) atoms. The first-order chi connectivity index (χ1) is 17.3. The van der Waals surface area contributed by atoms with Crippen molar-refractivity contribution in [3.63, 3.8) is 0 Å². The molecule has 2 aromatic rings. The Morgan fingerprint density at radius 1 is 1.03 bits per heavy atom. The summed E-state index contributed by atoms with van der Waals surface area (Å²) < 4.78 is 11.4. The van der Waals surface area contributed by atoms with E-state index in [0.29, 0.717) is 16.7 Å². The van der Waals surface area contributed by atoms with Crippen LogP contribution in [0, 0.1) is 20.9 Å². The van der Waals surface area contributed by atoms with Crippen LogP contribution in [0.5, 0.6) is 0 Å². The molecule has 0 radical (unpaired) electrons. The Morgan fingerprint density at radius 3 is 2.19 bits per heavy atom. The van der Waals surface area contributed by atoms with Crippen LogP contribution in [-0.4, -0.2) is 45.7 Å². The van der Waals surface area contributed by atoms with Gasteiger partial charge in [0.1, 0.15) is 12.1 Å². The molecule has 192 valence electrons. The number of benzene rings is 2. The number of hydrogen-bond donors (Lipinski definition) is 0. The van der Waals surface area contributed by atoms with E-state index in [-0.39, 0.29) is 11.5 Å². The third-order valence-electron chi connectivity index (χ3n) is 7.23. The summed E-state index contributed by atoms with van der Waals surface area (Å²) in [5.41, 5.74) is -1.31. The number of cyclic esters (lactones) is 2. The summed E-state index contributed by atoms with van der Waals surface area (Å²) in [4.78, 5) is 52.9. The van der Waals surface area contributed by atoms with E-state index in [1.165, 1.54) is 43.1 Å². The van der Waals surface area contributed by atoms with Crippen molar-refractivity contribution < 1.29 is 28.8 Å². The summed E-state index contributed by atoms with van der Waals surface area (Å²) in [6, 6.07) is 10.7. The van der Waals surface area contributed by atoms with Crippen molar-refractivity contribution in [2.24, 2.45) is 15.9 Å². The van der Waals surface area contributed by atoms with Crippen LogP contribution in [0.2, 0.25) is 0 Å². The number of non-ortho nitro benzene ring substituents is 1. The van der Waals surface area contributed by atoms with Crippen LogP contribution in [0.3, 0.4) is 0 Å². The highest BCUT2D eigenvalue weighted by molar-refractivity contribution is 6.07. The van der Waals surface area contributed by atoms with Crippen LogP contribution in [-0.2, 0) is 23.9 Å². The maximum Gasteiger partial charge on any atom is 0.330 e. The average molecular weight is 506 g/mol. The third-order valence-corrected chi connectivity index (χ3v) is 7.23. The fraction of sp³-hybridized carbons (Fsp3) is 0.407. The van der Waals surface area contributed by atoms with Gasteiger partial charge in [0.25, 0.3) is 11.5 Å². The van der Waals surface area contributed by atoms with Gasteiger partial charge in [-0.25, -0.2) is 0 Å². The van der Waals surface area contributed by atoms with E-state index in [1.807, 2.05) is 12.1 Å². The monoisotopic (exact) mass is 505 g/mol. The second kappa shape index (κ2) is 7.96. The van der Waals surface area contributed by atoms with Gasteiger partial charge in [-0.1, -0.05) is 57.2 Å². The van der Waals surface area contributed by atoms with Crippen molar-refractivity contribution >= 4 is 29.6 Å². The second-order valence-corrected chi connectivity index (χ2v) is 11.1. The fourth-order valence-corrected chi connectivity index (χ4v) is 5.63. The highest BCUT2D eigenvalue weighted by Crippen LogP contribution is 2.63. The Kier molecular flexibility index (Phi) is 5.29. The van der Waals surface area contributed by atoms with Crippen LogP contribution in [0.4, 0.5) is 5.69 Å². The average Bonchev–Trinajstić information content (AvgIpc) is 3.13. The molecule has 3 aliphatic heterocycles. The Bertz CT molecular complexity index is 1340. The van der Waals surface area contributed by atoms with Crippen LogP contribution in [0.15, 0.2) is 53.6 Å². The number of Topliss-reactive ketones (excluding diaryl/α,β-unsaturated/α-hetero) is 1. The predicted molar refractivity (Wildman–Crippen MR) is 131 cm³/mol. The summed E-state index contributed by atoms with van der Waals surface area (Å²) in [5, 5.41) is 17.4. The molecule has 2 saturated heterocycles. The minimum atomic E-state index is -1.99. The Hall–Kier alpha value is -4.08. The first-order valence-corrected chi connectivity index (χ1v) is 12.0. The number of fused-ring (bicyclic) bond motifs is 4. The number of nitro groups is 1. The minimum absolute atomic E-state index is 0.162. The van der Waals surface area contributed by atoms with Gasteiger partial charge < -0.3 is 9.47 Å². The minimum Gasteiger partial charge on any atom is -0.422 e. The van der Waals surface area contributed by atoms with Crippen molar-refractivity contribution in [3.05, 3.63) is 75.3 Å². The molecule has 0 N–H and O–H groups in total. The SMILES string of the molecule is CC1(C)OC(=O)C2(C(=O)O1)[C@H](c1ccc([N+](=O)[O-])cc1)[C@H](C(=O)C(C)(C)C)N1N=Cc3ccccc3[C@@H]12. The topological polar surface area (TPSA) is 128 Å². The molecule has 5 rings (SSSR count). The Morgan fingerprint density at radius 2 is 1.62 bits per heavy atom. The summed E-state index contributed by atoms with van der Waals surface area (Å²) in [5.74, 6) is -4.51. The van der Waals surface area contributed by atoms with Gasteiger partial charge in [0.05, 0.1) is 11.1 Å². The van der Waals surface area contributed by atoms with E-state index in [9.17, 15) is 24.5 Å². The lowest BCUT2D eigenvalue weighted by Crippen LogP contribution is -2.58. The number of ether oxygens (including phenoxy) is 2. The first kappa shape index (κ1) is 24.6. The number of carbonyl (C=O) groups excluding carboxylic acids is 3. The summed E-state index contributed by atoms with van der Waals surface area (Å²) in [6.45, 7) is 8.20. The van der Waals surface area contributed by atoms with Gasteiger partial charge >= 0.3 is 11.9 Å². The highest BCUT2D eigenvalue weighted by Gasteiger charge is 2.75. The maximum absolute atomic E-state index is 14.1. The molecule has 0 bridgehead atoms. The van der Waals surface area contributed by atoms with Crippen LogP contribution < -0.4 is 0 Å². The molecule has 0 aromatic heterocycles. The van der Waals surface area contributed by atoms with E-state index in [4.69, 9.17) is 9.47 Å². The maximum atomic E-state index is 14.1. The number of ketones is 1. The molecule has 10 nitrogen and oxygen atoms in total. The molecule has 0 saturated carbocycles. The number of hydrazone groups is 1. The van der Waals surface area contributed by atoms with Crippen molar-refractivity contribution in [3.8, 4) is 0 Å². The lowest BCUT2D eigenvalue weighted by molar-refractivity contribution is -0.384. The first-order valence-electron chi connectivity index (χ1n) is 12.0. The van der Waals surface area contributed by atoms with Crippen molar-refractivity contribution in [2.75, 3.05) is 0 Å². The molecule has 2 fully saturated rings. The van der Waals surface area contributed by atoms with Crippen molar-refractivity contribution in [1.29, 1.82) is 0 Å². The van der Waals surface area contributed by atoms with Crippen molar-refractivity contribution in [2.45, 2.75) is 58.4 Å². The Balaban J connectivity index is 1.83. The molecule has 0 unspecified atom stereocenters. The van der Waals surface area contributed by atoms with Crippen molar-refractivity contribution in [1.82, 2.24) is 5.01 Å². The largest absolute Gasteiger partial charge is 0.422 e. The fourth-order valence-electron chi connectivity index (χ4n) is 5.63. The van der Waals surface area contributed by atoms with Gasteiger partial charge in [0, 0.05) is 37.3 Å². The normalized spacial score (nSPS) is 25.2. The number of carbonyl (C=O) groups is 3. The second-order valence-electron chi connectivity index (χ2n) is 11.1.